The number of hydrogen-bond acceptors (Lipinski definition) is 7. The van der Waals surface area contributed by atoms with E-state index < -0.39 is 16.6 Å². The number of nitrogens with zero attached hydrogens (tertiary/aromatic N) is 3. The first kappa shape index (κ1) is 31.7. The van der Waals surface area contributed by atoms with Crippen molar-refractivity contribution in [2.75, 3.05) is 18.4 Å². The third-order valence-corrected chi connectivity index (χ3v) is 7.31. The summed E-state index contributed by atoms with van der Waals surface area (Å²) >= 11 is 0. The fourth-order valence-electron chi connectivity index (χ4n) is 4.64. The Bertz CT molecular complexity index is 1210. The highest BCUT2D eigenvalue weighted by Crippen LogP contribution is 2.30. The first-order valence-corrected chi connectivity index (χ1v) is 14.1. The van der Waals surface area contributed by atoms with E-state index in [9.17, 15) is 19.7 Å². The molecule has 2 unspecified atom stereocenters. The van der Waals surface area contributed by atoms with Crippen LogP contribution in [0.2, 0.25) is 0 Å². The molecule has 2 amide bonds. The number of ether oxygens (including phenoxy) is 2. The molecule has 3 rings (SSSR count). The number of hydrogen-bond donors (Lipinski definition) is 1. The number of anilines is 1. The maximum absolute atomic E-state index is 13.2. The molecular formula is C31H44N4O6. The smallest absolute Gasteiger partial charge is 0.410 e. The van der Waals surface area contributed by atoms with Crippen LogP contribution in [0.4, 0.5) is 21.0 Å². The molecule has 224 valence electrons. The molecule has 0 bridgehead atoms. The molecular weight excluding hydrogens is 524 g/mol. The average molecular weight is 569 g/mol. The second kappa shape index (κ2) is 13.2. The van der Waals surface area contributed by atoms with Gasteiger partial charge in [-0.3, -0.25) is 10.1 Å². The Balaban J connectivity index is 1.74. The minimum Gasteiger partial charge on any atom is -0.445 e. The molecule has 2 aromatic rings. The van der Waals surface area contributed by atoms with E-state index in [1.54, 1.807) is 21.9 Å². The van der Waals surface area contributed by atoms with Crippen LogP contribution in [-0.2, 0) is 22.6 Å². The minimum absolute atomic E-state index is 0.0923. The van der Waals surface area contributed by atoms with Gasteiger partial charge in [0.1, 0.15) is 17.9 Å². The fourth-order valence-corrected chi connectivity index (χ4v) is 4.64. The van der Waals surface area contributed by atoms with E-state index in [-0.39, 0.29) is 42.4 Å². The zero-order valence-corrected chi connectivity index (χ0v) is 25.3. The summed E-state index contributed by atoms with van der Waals surface area (Å²) < 4.78 is 11.2. The molecule has 0 aromatic heterocycles. The fraction of sp³-hybridized carbons (Fsp3) is 0.548. The molecule has 1 aliphatic rings. The van der Waals surface area contributed by atoms with Crippen LogP contribution in [0.3, 0.4) is 0 Å². The number of carbonyl (C=O) groups is 2. The number of nitrogens with one attached hydrogen (secondary N) is 1. The van der Waals surface area contributed by atoms with Gasteiger partial charge in [0, 0.05) is 31.7 Å². The van der Waals surface area contributed by atoms with Crippen molar-refractivity contribution < 1.29 is 24.0 Å². The van der Waals surface area contributed by atoms with Crippen molar-refractivity contribution >= 4 is 23.6 Å². The standard InChI is InChI=1S/C31H44N4O6/c1-22(30(2,3)4)34(28(36)40-21-23-12-9-8-10-13-23)20-24-15-16-26(27(18-24)35(38)39)32-19-25-14-11-17-33(25)29(37)41-31(5,6)7/h8-10,12-13,15-16,18,22,25,32H,11,14,17,19-21H2,1-7H3. The summed E-state index contributed by atoms with van der Waals surface area (Å²) in [5, 5.41) is 15.2. The molecule has 2 aromatic carbocycles. The van der Waals surface area contributed by atoms with Gasteiger partial charge < -0.3 is 24.6 Å². The van der Waals surface area contributed by atoms with Crippen molar-refractivity contribution in [2.24, 2.45) is 5.41 Å². The molecule has 1 aliphatic heterocycles. The molecule has 0 radical (unpaired) electrons. The number of rotatable bonds is 9. The summed E-state index contributed by atoms with van der Waals surface area (Å²) in [4.78, 5) is 40.8. The van der Waals surface area contributed by atoms with Crippen LogP contribution >= 0.6 is 0 Å². The number of nitro groups is 1. The minimum atomic E-state index is -0.599. The van der Waals surface area contributed by atoms with Gasteiger partial charge in [-0.2, -0.15) is 0 Å². The molecule has 2 atom stereocenters. The molecule has 0 spiro atoms. The Kier molecular flexibility index (Phi) is 10.2. The molecule has 41 heavy (non-hydrogen) atoms. The van der Waals surface area contributed by atoms with Crippen LogP contribution < -0.4 is 5.32 Å². The van der Waals surface area contributed by atoms with Crippen molar-refractivity contribution in [3.63, 3.8) is 0 Å². The number of benzene rings is 2. The van der Waals surface area contributed by atoms with Gasteiger partial charge in [-0.15, -0.1) is 0 Å². The second-order valence-corrected chi connectivity index (χ2v) is 12.7. The highest BCUT2D eigenvalue weighted by Gasteiger charge is 2.33. The zero-order chi connectivity index (χ0) is 30.4. The highest BCUT2D eigenvalue weighted by atomic mass is 16.6. The quantitative estimate of drug-likeness (QED) is 0.256. The van der Waals surface area contributed by atoms with Crippen molar-refractivity contribution in [1.29, 1.82) is 0 Å². The SMILES string of the molecule is CC(N(Cc1ccc(NCC2CCCN2C(=O)OC(C)(C)C)c([N+](=O)[O-])c1)C(=O)OCc1ccccc1)C(C)(C)C. The van der Waals surface area contributed by atoms with Crippen molar-refractivity contribution in [1.82, 2.24) is 9.80 Å². The maximum atomic E-state index is 13.2. The van der Waals surface area contributed by atoms with E-state index >= 15 is 0 Å². The van der Waals surface area contributed by atoms with Gasteiger partial charge in [0.05, 0.1) is 11.0 Å². The lowest BCUT2D eigenvalue weighted by molar-refractivity contribution is -0.384. The van der Waals surface area contributed by atoms with E-state index in [0.717, 1.165) is 18.4 Å². The Hall–Kier alpha value is -3.82. The lowest BCUT2D eigenvalue weighted by Crippen LogP contribution is -2.45. The van der Waals surface area contributed by atoms with E-state index in [1.165, 1.54) is 6.07 Å². The van der Waals surface area contributed by atoms with Gasteiger partial charge in [0.25, 0.3) is 5.69 Å². The molecule has 1 heterocycles. The average Bonchev–Trinajstić information content (AvgIpc) is 3.37. The molecule has 0 aliphatic carbocycles. The van der Waals surface area contributed by atoms with Crippen LogP contribution in [-0.4, -0.2) is 57.7 Å². The third kappa shape index (κ3) is 9.09. The Morgan fingerprint density at radius 1 is 1.10 bits per heavy atom. The molecule has 1 saturated heterocycles. The van der Waals surface area contributed by atoms with Crippen LogP contribution in [0, 0.1) is 15.5 Å². The van der Waals surface area contributed by atoms with E-state index in [0.29, 0.717) is 24.3 Å². The molecule has 10 nitrogen and oxygen atoms in total. The summed E-state index contributed by atoms with van der Waals surface area (Å²) in [6.07, 6.45) is 0.765. The Morgan fingerprint density at radius 3 is 2.39 bits per heavy atom. The van der Waals surface area contributed by atoms with E-state index in [1.807, 2.05) is 78.8 Å². The first-order chi connectivity index (χ1) is 19.2. The predicted octanol–water partition coefficient (Wildman–Crippen LogP) is 6.98. The normalized spacial score (nSPS) is 16.2. The van der Waals surface area contributed by atoms with Gasteiger partial charge in [-0.1, -0.05) is 57.2 Å². The van der Waals surface area contributed by atoms with Gasteiger partial charge in [0.15, 0.2) is 0 Å². The number of carbonyl (C=O) groups excluding carboxylic acids is 2. The lowest BCUT2D eigenvalue weighted by atomic mass is 9.87. The lowest BCUT2D eigenvalue weighted by Gasteiger charge is -2.37. The monoisotopic (exact) mass is 568 g/mol. The maximum Gasteiger partial charge on any atom is 0.410 e. The summed E-state index contributed by atoms with van der Waals surface area (Å²) in [7, 11) is 0. The summed E-state index contributed by atoms with van der Waals surface area (Å²) in [5.41, 5.74) is 0.912. The summed E-state index contributed by atoms with van der Waals surface area (Å²) in [6.45, 7) is 14.8. The van der Waals surface area contributed by atoms with Crippen molar-refractivity contribution in [3.8, 4) is 0 Å². The topological polar surface area (TPSA) is 114 Å². The van der Waals surface area contributed by atoms with Gasteiger partial charge in [-0.05, 0) is 63.1 Å². The Morgan fingerprint density at radius 2 is 1.78 bits per heavy atom. The number of likely N-dealkylation sites (tertiary alicyclic amines) is 1. The zero-order valence-electron chi connectivity index (χ0n) is 25.3. The molecule has 1 N–H and O–H groups in total. The van der Waals surface area contributed by atoms with Gasteiger partial charge >= 0.3 is 12.2 Å². The summed E-state index contributed by atoms with van der Waals surface area (Å²) in [5.74, 6) is 0. The Labute approximate surface area is 243 Å². The van der Waals surface area contributed by atoms with E-state index in [4.69, 9.17) is 9.47 Å². The van der Waals surface area contributed by atoms with Gasteiger partial charge in [-0.25, -0.2) is 9.59 Å². The summed E-state index contributed by atoms with van der Waals surface area (Å²) in [6, 6.07) is 14.0. The molecule has 1 fully saturated rings. The van der Waals surface area contributed by atoms with Crippen LogP contribution in [0.25, 0.3) is 0 Å². The second-order valence-electron chi connectivity index (χ2n) is 12.7. The first-order valence-electron chi connectivity index (χ1n) is 14.1. The number of nitro benzene ring substituents is 1. The third-order valence-electron chi connectivity index (χ3n) is 7.31. The molecule has 0 saturated carbocycles. The van der Waals surface area contributed by atoms with Crippen LogP contribution in [0.5, 0.6) is 0 Å². The predicted molar refractivity (Wildman–Crippen MR) is 159 cm³/mol. The van der Waals surface area contributed by atoms with Crippen LogP contribution in [0.1, 0.15) is 72.4 Å². The van der Waals surface area contributed by atoms with Crippen molar-refractivity contribution in [2.45, 2.75) is 92.1 Å². The molecule has 10 heteroatoms. The van der Waals surface area contributed by atoms with E-state index in [2.05, 4.69) is 5.32 Å². The van der Waals surface area contributed by atoms with Crippen LogP contribution in [0.15, 0.2) is 48.5 Å². The van der Waals surface area contributed by atoms with Crippen molar-refractivity contribution in [3.05, 3.63) is 69.8 Å². The van der Waals surface area contributed by atoms with Gasteiger partial charge in [0.2, 0.25) is 0 Å². The highest BCUT2D eigenvalue weighted by molar-refractivity contribution is 5.70. The largest absolute Gasteiger partial charge is 0.445 e. The number of amides is 2.